The molecule has 0 saturated carbocycles. The maximum Gasteiger partial charge on any atom is 0.326 e. The van der Waals surface area contributed by atoms with Crippen LogP contribution in [0, 0.1) is 0 Å². The van der Waals surface area contributed by atoms with Gasteiger partial charge in [0.25, 0.3) is 0 Å². The van der Waals surface area contributed by atoms with Crippen LogP contribution < -0.4 is 22.1 Å². The molecule has 5 unspecified atom stereocenters. The fourth-order valence-corrected chi connectivity index (χ4v) is 3.18. The first-order valence-electron chi connectivity index (χ1n) is 9.92. The van der Waals surface area contributed by atoms with Crippen LogP contribution in [0.15, 0.2) is 0 Å². The molecular formula is C18H29N5O9. The molecule has 0 aromatic heterocycles. The summed E-state index contributed by atoms with van der Waals surface area (Å²) in [5.74, 6) is -6.23. The summed E-state index contributed by atoms with van der Waals surface area (Å²) >= 11 is 0. The number of aliphatic hydroxyl groups is 1. The van der Waals surface area contributed by atoms with Crippen molar-refractivity contribution in [1.82, 2.24) is 15.5 Å². The SMILES string of the molecule is CC(O)C(N)C(=O)N1CCCC1C(=O)NC(CCC(=O)O)C(=O)NC(CC(N)=O)C(=O)O. The van der Waals surface area contributed by atoms with E-state index in [2.05, 4.69) is 10.6 Å². The van der Waals surface area contributed by atoms with Crippen LogP contribution in [0.2, 0.25) is 0 Å². The molecule has 0 spiro atoms. The van der Waals surface area contributed by atoms with Gasteiger partial charge >= 0.3 is 11.9 Å². The molecule has 1 aliphatic rings. The predicted molar refractivity (Wildman–Crippen MR) is 107 cm³/mol. The van der Waals surface area contributed by atoms with Gasteiger partial charge in [-0.3, -0.25) is 24.0 Å². The van der Waals surface area contributed by atoms with Gasteiger partial charge in [-0.05, 0) is 26.2 Å². The van der Waals surface area contributed by atoms with Gasteiger partial charge in [-0.15, -0.1) is 0 Å². The van der Waals surface area contributed by atoms with Gasteiger partial charge in [0, 0.05) is 13.0 Å². The van der Waals surface area contributed by atoms with E-state index < -0.39 is 78.7 Å². The summed E-state index contributed by atoms with van der Waals surface area (Å²) in [6, 6.07) is -5.37. The number of carboxylic acid groups (broad SMARTS) is 2. The van der Waals surface area contributed by atoms with Gasteiger partial charge in [-0.25, -0.2) is 4.79 Å². The van der Waals surface area contributed by atoms with E-state index in [1.807, 2.05) is 0 Å². The number of aliphatic carboxylic acids is 2. The number of aliphatic hydroxyl groups excluding tert-OH is 1. The zero-order chi connectivity index (χ0) is 24.6. The molecule has 0 aromatic rings. The van der Waals surface area contributed by atoms with E-state index in [0.29, 0.717) is 6.42 Å². The molecular weight excluding hydrogens is 430 g/mol. The number of amides is 4. The zero-order valence-electron chi connectivity index (χ0n) is 17.5. The van der Waals surface area contributed by atoms with Crippen molar-refractivity contribution in [1.29, 1.82) is 0 Å². The molecule has 14 heteroatoms. The van der Waals surface area contributed by atoms with Gasteiger partial charge in [0.1, 0.15) is 24.2 Å². The van der Waals surface area contributed by atoms with Gasteiger partial charge in [0.15, 0.2) is 0 Å². The van der Waals surface area contributed by atoms with E-state index in [1.54, 1.807) is 0 Å². The van der Waals surface area contributed by atoms with Crippen molar-refractivity contribution in [2.24, 2.45) is 11.5 Å². The van der Waals surface area contributed by atoms with E-state index in [9.17, 15) is 33.9 Å². The van der Waals surface area contributed by atoms with Crippen molar-refractivity contribution in [3.8, 4) is 0 Å². The van der Waals surface area contributed by atoms with Crippen molar-refractivity contribution >= 4 is 35.6 Å². The molecule has 0 aliphatic carbocycles. The van der Waals surface area contributed by atoms with Gasteiger partial charge in [-0.1, -0.05) is 0 Å². The maximum atomic E-state index is 12.8. The van der Waals surface area contributed by atoms with Gasteiger partial charge in [-0.2, -0.15) is 0 Å². The lowest BCUT2D eigenvalue weighted by molar-refractivity contribution is -0.144. The van der Waals surface area contributed by atoms with Crippen LogP contribution >= 0.6 is 0 Å². The monoisotopic (exact) mass is 459 g/mol. The van der Waals surface area contributed by atoms with Crippen LogP contribution in [-0.4, -0.2) is 92.6 Å². The minimum absolute atomic E-state index is 0.197. The quantitative estimate of drug-likeness (QED) is 0.152. The lowest BCUT2D eigenvalue weighted by Gasteiger charge is -2.29. The first kappa shape index (κ1) is 26.8. The predicted octanol–water partition coefficient (Wildman–Crippen LogP) is -3.52. The molecule has 1 aliphatic heterocycles. The smallest absolute Gasteiger partial charge is 0.326 e. The zero-order valence-corrected chi connectivity index (χ0v) is 17.5. The second kappa shape index (κ2) is 12.0. The molecule has 9 N–H and O–H groups in total. The van der Waals surface area contributed by atoms with Crippen molar-refractivity contribution in [3.05, 3.63) is 0 Å². The molecule has 4 amide bonds. The summed E-state index contributed by atoms with van der Waals surface area (Å²) in [6.45, 7) is 1.52. The molecule has 1 fully saturated rings. The lowest BCUT2D eigenvalue weighted by atomic mass is 10.1. The van der Waals surface area contributed by atoms with Crippen LogP contribution in [0.5, 0.6) is 0 Å². The Hall–Kier alpha value is -3.26. The van der Waals surface area contributed by atoms with Crippen molar-refractivity contribution in [2.75, 3.05) is 6.54 Å². The van der Waals surface area contributed by atoms with Gasteiger partial charge in [0.05, 0.1) is 12.5 Å². The molecule has 32 heavy (non-hydrogen) atoms. The highest BCUT2D eigenvalue weighted by Crippen LogP contribution is 2.19. The Labute approximate surface area is 183 Å². The Balaban J connectivity index is 2.96. The number of nitrogens with zero attached hydrogens (tertiary/aromatic N) is 1. The molecule has 1 heterocycles. The summed E-state index contributed by atoms with van der Waals surface area (Å²) < 4.78 is 0. The summed E-state index contributed by atoms with van der Waals surface area (Å²) in [7, 11) is 0. The number of nitrogens with one attached hydrogen (secondary N) is 2. The van der Waals surface area contributed by atoms with Crippen molar-refractivity contribution in [2.45, 2.75) is 69.3 Å². The minimum Gasteiger partial charge on any atom is -0.481 e. The Morgan fingerprint density at radius 1 is 1.09 bits per heavy atom. The topological polar surface area (TPSA) is 242 Å². The van der Waals surface area contributed by atoms with Gasteiger partial charge < -0.3 is 42.3 Å². The minimum atomic E-state index is -1.67. The number of nitrogens with two attached hydrogens (primary N) is 2. The fraction of sp³-hybridized carbons (Fsp3) is 0.667. The van der Waals surface area contributed by atoms with Crippen molar-refractivity contribution in [3.63, 3.8) is 0 Å². The molecule has 0 aromatic carbocycles. The number of carbonyl (C=O) groups is 6. The van der Waals surface area contributed by atoms with E-state index in [1.165, 1.54) is 11.8 Å². The second-order valence-corrected chi connectivity index (χ2v) is 7.52. The first-order chi connectivity index (χ1) is 14.8. The van der Waals surface area contributed by atoms with E-state index in [-0.39, 0.29) is 19.4 Å². The lowest BCUT2D eigenvalue weighted by Crippen LogP contribution is -2.57. The van der Waals surface area contributed by atoms with Crippen LogP contribution in [0.4, 0.5) is 0 Å². The normalized spacial score (nSPS) is 19.3. The number of carboxylic acids is 2. The van der Waals surface area contributed by atoms with E-state index in [4.69, 9.17) is 21.7 Å². The standard InChI is InChI=1S/C18H29N5O9/c1-8(24)14(20)17(30)23-6-2-3-11(23)16(29)21-9(4-5-13(26)27)15(28)22-10(18(31)32)7-12(19)25/h8-11,14,24H,2-7,20H2,1H3,(H2,19,25)(H,21,29)(H,22,28)(H,26,27)(H,31,32). The molecule has 14 nitrogen and oxygen atoms in total. The average Bonchev–Trinajstić information content (AvgIpc) is 3.18. The largest absolute Gasteiger partial charge is 0.481 e. The molecule has 180 valence electrons. The molecule has 1 rings (SSSR count). The van der Waals surface area contributed by atoms with Crippen molar-refractivity contribution < 1.29 is 44.1 Å². The van der Waals surface area contributed by atoms with Gasteiger partial charge in [0.2, 0.25) is 23.6 Å². The summed E-state index contributed by atoms with van der Waals surface area (Å²) in [6.07, 6.45) is -2.05. The fourth-order valence-electron chi connectivity index (χ4n) is 3.18. The number of carbonyl (C=O) groups excluding carboxylic acids is 4. The number of likely N-dealkylation sites (tertiary alicyclic amines) is 1. The third-order valence-electron chi connectivity index (χ3n) is 4.94. The molecule has 0 bridgehead atoms. The molecule has 0 radical (unpaired) electrons. The number of hydrogen-bond acceptors (Lipinski definition) is 8. The molecule has 1 saturated heterocycles. The Bertz CT molecular complexity index is 757. The second-order valence-electron chi connectivity index (χ2n) is 7.52. The first-order valence-corrected chi connectivity index (χ1v) is 9.92. The summed E-state index contributed by atoms with van der Waals surface area (Å²) in [5, 5.41) is 32.0. The highest BCUT2D eigenvalue weighted by atomic mass is 16.4. The van der Waals surface area contributed by atoms with Crippen LogP contribution in [-0.2, 0) is 28.8 Å². The highest BCUT2D eigenvalue weighted by molar-refractivity contribution is 5.95. The summed E-state index contributed by atoms with van der Waals surface area (Å²) in [4.78, 5) is 72.2. The van der Waals surface area contributed by atoms with E-state index >= 15 is 0 Å². The van der Waals surface area contributed by atoms with Crippen LogP contribution in [0.1, 0.15) is 39.0 Å². The summed E-state index contributed by atoms with van der Waals surface area (Å²) in [5.41, 5.74) is 10.6. The van der Waals surface area contributed by atoms with Crippen LogP contribution in [0.3, 0.4) is 0 Å². The maximum absolute atomic E-state index is 12.8. The van der Waals surface area contributed by atoms with Crippen LogP contribution in [0.25, 0.3) is 0 Å². The van der Waals surface area contributed by atoms with E-state index in [0.717, 1.165) is 0 Å². The Kier molecular flexibility index (Phi) is 10.00. The average molecular weight is 459 g/mol. The third-order valence-corrected chi connectivity index (χ3v) is 4.94. The number of rotatable bonds is 12. The third kappa shape index (κ3) is 7.77. The number of primary amides is 1. The Morgan fingerprint density at radius 2 is 1.72 bits per heavy atom. The number of hydrogen-bond donors (Lipinski definition) is 7. The highest BCUT2D eigenvalue weighted by Gasteiger charge is 2.39. The molecule has 5 atom stereocenters. The Morgan fingerprint density at radius 3 is 2.22 bits per heavy atom.